The van der Waals surface area contributed by atoms with Crippen LogP contribution in [0.25, 0.3) is 0 Å². The zero-order valence-corrected chi connectivity index (χ0v) is 11.0. The normalized spacial score (nSPS) is 25.2. The van der Waals surface area contributed by atoms with Gasteiger partial charge < -0.3 is 5.32 Å². The molecule has 1 heterocycles. The monoisotopic (exact) mass is 250 g/mol. The van der Waals surface area contributed by atoms with E-state index in [0.717, 1.165) is 11.1 Å². The van der Waals surface area contributed by atoms with Crippen molar-refractivity contribution < 1.29 is 0 Å². The molecule has 17 heavy (non-hydrogen) atoms. The van der Waals surface area contributed by atoms with Crippen molar-refractivity contribution in [1.29, 1.82) is 0 Å². The molecule has 1 aliphatic heterocycles. The van der Waals surface area contributed by atoms with Gasteiger partial charge in [0.25, 0.3) is 0 Å². The molecule has 92 valence electrons. The molecule has 0 radical (unpaired) electrons. The Morgan fingerprint density at radius 2 is 2.12 bits per heavy atom. The lowest BCUT2D eigenvalue weighted by Gasteiger charge is -2.18. The van der Waals surface area contributed by atoms with E-state index in [-0.39, 0.29) is 0 Å². The van der Waals surface area contributed by atoms with Gasteiger partial charge in [-0.05, 0) is 43.9 Å². The van der Waals surface area contributed by atoms with Crippen LogP contribution < -0.4 is 5.32 Å². The van der Waals surface area contributed by atoms with Crippen molar-refractivity contribution in [2.24, 2.45) is 0 Å². The Morgan fingerprint density at radius 1 is 1.29 bits per heavy atom. The second-order valence-electron chi connectivity index (χ2n) is 5.27. The number of rotatable bonds is 3. The van der Waals surface area contributed by atoms with Crippen LogP contribution >= 0.6 is 11.6 Å². The van der Waals surface area contributed by atoms with Crippen molar-refractivity contribution in [2.45, 2.75) is 38.3 Å². The average molecular weight is 251 g/mol. The highest BCUT2D eigenvalue weighted by molar-refractivity contribution is 6.31. The smallest absolute Gasteiger partial charge is 0.0455 e. The van der Waals surface area contributed by atoms with Gasteiger partial charge in [-0.25, -0.2) is 0 Å². The fourth-order valence-corrected chi connectivity index (χ4v) is 2.83. The number of hydrogen-bond acceptors (Lipinski definition) is 2. The number of benzene rings is 1. The Hall–Kier alpha value is -0.730. The highest BCUT2D eigenvalue weighted by Crippen LogP contribution is 2.31. The van der Waals surface area contributed by atoms with Crippen molar-refractivity contribution in [3.05, 3.63) is 28.8 Å². The number of halogens is 1. The third-order valence-electron chi connectivity index (χ3n) is 3.91. The molecule has 1 unspecified atom stereocenters. The molecule has 1 N–H and O–H groups in total. The van der Waals surface area contributed by atoms with Crippen LogP contribution in [-0.4, -0.2) is 30.1 Å². The fourth-order valence-electron chi connectivity index (χ4n) is 2.66. The summed E-state index contributed by atoms with van der Waals surface area (Å²) >= 11 is 6.14. The van der Waals surface area contributed by atoms with Crippen molar-refractivity contribution in [3.8, 4) is 0 Å². The van der Waals surface area contributed by atoms with Crippen molar-refractivity contribution in [3.63, 3.8) is 0 Å². The molecule has 0 bridgehead atoms. The molecule has 2 fully saturated rings. The first-order valence-corrected chi connectivity index (χ1v) is 6.87. The van der Waals surface area contributed by atoms with E-state index in [0.29, 0.717) is 6.04 Å². The highest BCUT2D eigenvalue weighted by Gasteiger charge is 2.34. The molecule has 1 saturated carbocycles. The molecular weight excluding hydrogens is 232 g/mol. The Labute approximate surface area is 108 Å². The predicted octanol–water partition coefficient (Wildman–Crippen LogP) is 3.30. The SMILES string of the molecule is Cc1c(Cl)cccc1NC1CCN(C2CC2)C1. The summed E-state index contributed by atoms with van der Waals surface area (Å²) in [6.07, 6.45) is 4.06. The number of anilines is 1. The van der Waals surface area contributed by atoms with Gasteiger partial charge in [0.15, 0.2) is 0 Å². The molecule has 2 aliphatic rings. The Kier molecular flexibility index (Phi) is 3.01. The van der Waals surface area contributed by atoms with E-state index in [1.54, 1.807) is 0 Å². The molecule has 1 atom stereocenters. The van der Waals surface area contributed by atoms with Crippen LogP contribution in [-0.2, 0) is 0 Å². The minimum Gasteiger partial charge on any atom is -0.381 e. The van der Waals surface area contributed by atoms with Gasteiger partial charge in [0.2, 0.25) is 0 Å². The maximum absolute atomic E-state index is 6.14. The summed E-state index contributed by atoms with van der Waals surface area (Å²) in [6, 6.07) is 7.58. The summed E-state index contributed by atoms with van der Waals surface area (Å²) in [5, 5.41) is 4.49. The van der Waals surface area contributed by atoms with Crippen molar-refractivity contribution in [1.82, 2.24) is 4.90 Å². The third-order valence-corrected chi connectivity index (χ3v) is 4.32. The van der Waals surface area contributed by atoms with Gasteiger partial charge in [-0.2, -0.15) is 0 Å². The molecule has 0 spiro atoms. The van der Waals surface area contributed by atoms with E-state index in [9.17, 15) is 0 Å². The van der Waals surface area contributed by atoms with Crippen LogP contribution in [0.5, 0.6) is 0 Å². The molecule has 1 aromatic rings. The lowest BCUT2D eigenvalue weighted by Crippen LogP contribution is -2.27. The lowest BCUT2D eigenvalue weighted by atomic mass is 10.1. The quantitative estimate of drug-likeness (QED) is 0.886. The second-order valence-corrected chi connectivity index (χ2v) is 5.68. The summed E-state index contributed by atoms with van der Waals surface area (Å²) in [4.78, 5) is 2.62. The summed E-state index contributed by atoms with van der Waals surface area (Å²) in [7, 11) is 0. The number of nitrogens with one attached hydrogen (secondary N) is 1. The van der Waals surface area contributed by atoms with Crippen LogP contribution in [0.4, 0.5) is 5.69 Å². The van der Waals surface area contributed by atoms with Gasteiger partial charge in [-0.15, -0.1) is 0 Å². The standard InChI is InChI=1S/C14H19ClN2/c1-10-13(15)3-2-4-14(10)16-11-7-8-17(9-11)12-5-6-12/h2-4,11-12,16H,5-9H2,1H3. The van der Waals surface area contributed by atoms with Gasteiger partial charge in [0.1, 0.15) is 0 Å². The molecule has 1 aliphatic carbocycles. The van der Waals surface area contributed by atoms with E-state index in [2.05, 4.69) is 23.2 Å². The van der Waals surface area contributed by atoms with Crippen molar-refractivity contribution >= 4 is 17.3 Å². The zero-order chi connectivity index (χ0) is 11.8. The van der Waals surface area contributed by atoms with E-state index < -0.39 is 0 Å². The van der Waals surface area contributed by atoms with E-state index >= 15 is 0 Å². The summed E-state index contributed by atoms with van der Waals surface area (Å²) in [6.45, 7) is 4.52. The van der Waals surface area contributed by atoms with Crippen LogP contribution in [0, 0.1) is 6.92 Å². The molecule has 1 aromatic carbocycles. The molecular formula is C14H19ClN2. The van der Waals surface area contributed by atoms with Crippen LogP contribution in [0.3, 0.4) is 0 Å². The molecule has 0 amide bonds. The maximum atomic E-state index is 6.14. The maximum Gasteiger partial charge on any atom is 0.0455 e. The molecule has 3 heteroatoms. The van der Waals surface area contributed by atoms with Crippen molar-refractivity contribution in [2.75, 3.05) is 18.4 Å². The highest BCUT2D eigenvalue weighted by atomic mass is 35.5. The Morgan fingerprint density at radius 3 is 2.88 bits per heavy atom. The summed E-state index contributed by atoms with van der Waals surface area (Å²) < 4.78 is 0. The topological polar surface area (TPSA) is 15.3 Å². The first-order valence-electron chi connectivity index (χ1n) is 6.50. The Bertz CT molecular complexity index is 415. The third kappa shape index (κ3) is 2.43. The average Bonchev–Trinajstić information content (AvgIpc) is 3.06. The minimum atomic E-state index is 0.591. The first kappa shape index (κ1) is 11.4. The Balaban J connectivity index is 1.65. The van der Waals surface area contributed by atoms with Crippen LogP contribution in [0.15, 0.2) is 18.2 Å². The summed E-state index contributed by atoms with van der Waals surface area (Å²) in [5.74, 6) is 0. The predicted molar refractivity (Wildman–Crippen MR) is 72.8 cm³/mol. The molecule has 3 rings (SSSR count). The molecule has 1 saturated heterocycles. The molecule has 2 nitrogen and oxygen atoms in total. The van der Waals surface area contributed by atoms with Gasteiger partial charge in [-0.3, -0.25) is 4.90 Å². The van der Waals surface area contributed by atoms with Gasteiger partial charge in [0, 0.05) is 35.9 Å². The minimum absolute atomic E-state index is 0.591. The fraction of sp³-hybridized carbons (Fsp3) is 0.571. The van der Waals surface area contributed by atoms with E-state index in [1.807, 2.05) is 12.1 Å². The van der Waals surface area contributed by atoms with Crippen LogP contribution in [0.1, 0.15) is 24.8 Å². The lowest BCUT2D eigenvalue weighted by molar-refractivity contribution is 0.326. The van der Waals surface area contributed by atoms with Gasteiger partial charge in [-0.1, -0.05) is 17.7 Å². The van der Waals surface area contributed by atoms with E-state index in [4.69, 9.17) is 11.6 Å². The number of hydrogen-bond donors (Lipinski definition) is 1. The van der Waals surface area contributed by atoms with Crippen LogP contribution in [0.2, 0.25) is 5.02 Å². The van der Waals surface area contributed by atoms with E-state index in [1.165, 1.54) is 43.6 Å². The van der Waals surface area contributed by atoms with Gasteiger partial charge >= 0.3 is 0 Å². The number of likely N-dealkylation sites (tertiary alicyclic amines) is 1. The largest absolute Gasteiger partial charge is 0.381 e. The molecule has 0 aromatic heterocycles. The van der Waals surface area contributed by atoms with Gasteiger partial charge in [0.05, 0.1) is 0 Å². The second kappa shape index (κ2) is 4.51. The first-order chi connectivity index (χ1) is 8.24. The summed E-state index contributed by atoms with van der Waals surface area (Å²) in [5.41, 5.74) is 2.36. The number of nitrogens with zero attached hydrogens (tertiary/aromatic N) is 1. The zero-order valence-electron chi connectivity index (χ0n) is 10.2.